The highest BCUT2D eigenvalue weighted by atomic mass is 35.5. The Morgan fingerprint density at radius 1 is 0.868 bits per heavy atom. The first-order valence-electron chi connectivity index (χ1n) is 11.6. The highest BCUT2D eigenvalue weighted by molar-refractivity contribution is 7.91. The summed E-state index contributed by atoms with van der Waals surface area (Å²) in [6, 6.07) is 20.3. The predicted octanol–water partition coefficient (Wildman–Crippen LogP) is 6.66. The Kier molecular flexibility index (Phi) is 10.6. The van der Waals surface area contributed by atoms with Crippen molar-refractivity contribution in [1.29, 1.82) is 0 Å². The van der Waals surface area contributed by atoms with Gasteiger partial charge in [0.15, 0.2) is 9.84 Å². The number of halogens is 5. The van der Waals surface area contributed by atoms with Gasteiger partial charge in [0.25, 0.3) is 0 Å². The minimum absolute atomic E-state index is 0.0520. The second kappa shape index (κ2) is 13.5. The fourth-order valence-corrected chi connectivity index (χ4v) is 4.64. The monoisotopic (exact) mass is 590 g/mol. The van der Waals surface area contributed by atoms with Crippen molar-refractivity contribution in [1.82, 2.24) is 0 Å². The SMILES string of the molecule is O=C(CCc1ccc(O[14CH2]CS(=O)(=O)CCOC(c2ccc(Cl)cc2)c2ccc(Cl)cc2)cc1)C(F)(F)F. The van der Waals surface area contributed by atoms with Gasteiger partial charge in [0.05, 0.1) is 18.1 Å². The molecule has 3 aromatic carbocycles. The number of Topliss-reactive ketones (excluding diaryl/α,β-unsaturated/α-hetero) is 1. The van der Waals surface area contributed by atoms with Crippen LogP contribution in [0.15, 0.2) is 72.8 Å². The van der Waals surface area contributed by atoms with Gasteiger partial charge in [-0.2, -0.15) is 13.2 Å². The molecule has 0 amide bonds. The van der Waals surface area contributed by atoms with Gasteiger partial charge in [-0.05, 0) is 59.5 Å². The molecule has 0 unspecified atom stereocenters. The summed E-state index contributed by atoms with van der Waals surface area (Å²) in [4.78, 5) is 11.0. The lowest BCUT2D eigenvalue weighted by molar-refractivity contribution is -0.171. The molecule has 0 N–H and O–H groups in total. The Hall–Kier alpha value is -2.59. The molecule has 0 bridgehead atoms. The molecule has 0 spiro atoms. The average Bonchev–Trinajstić information content (AvgIpc) is 2.87. The fourth-order valence-electron chi connectivity index (χ4n) is 3.49. The third kappa shape index (κ3) is 9.62. The topological polar surface area (TPSA) is 69.7 Å². The first kappa shape index (κ1) is 30.0. The zero-order valence-electron chi connectivity index (χ0n) is 20.1. The number of hydrogen-bond acceptors (Lipinski definition) is 5. The van der Waals surface area contributed by atoms with Crippen LogP contribution in [-0.2, 0) is 25.8 Å². The number of ketones is 1. The maximum Gasteiger partial charge on any atom is 0.449 e. The van der Waals surface area contributed by atoms with Crippen LogP contribution in [0, 0.1) is 0 Å². The van der Waals surface area contributed by atoms with E-state index in [2.05, 4.69) is 0 Å². The van der Waals surface area contributed by atoms with E-state index in [1.54, 1.807) is 24.3 Å². The summed E-state index contributed by atoms with van der Waals surface area (Å²) in [5, 5.41) is 1.13. The number of hydrogen-bond donors (Lipinski definition) is 0. The Bertz CT molecular complexity index is 1250. The number of alkyl halides is 3. The lowest BCUT2D eigenvalue weighted by Gasteiger charge is -2.19. The summed E-state index contributed by atoms with van der Waals surface area (Å²) >= 11 is 12.0. The van der Waals surface area contributed by atoms with Crippen molar-refractivity contribution in [3.8, 4) is 5.75 Å². The molecule has 0 fully saturated rings. The second-order valence-electron chi connectivity index (χ2n) is 8.42. The molecule has 3 rings (SSSR count). The van der Waals surface area contributed by atoms with Gasteiger partial charge in [-0.1, -0.05) is 59.6 Å². The van der Waals surface area contributed by atoms with Crippen LogP contribution in [0.25, 0.3) is 0 Å². The Labute approximate surface area is 229 Å². The number of sulfone groups is 1. The number of carbonyl (C=O) groups is 1. The molecule has 5 nitrogen and oxygen atoms in total. The van der Waals surface area contributed by atoms with E-state index in [0.29, 0.717) is 21.4 Å². The van der Waals surface area contributed by atoms with Crippen molar-refractivity contribution in [2.45, 2.75) is 25.1 Å². The first-order valence-corrected chi connectivity index (χ1v) is 14.2. The van der Waals surface area contributed by atoms with Gasteiger partial charge in [-0.15, -0.1) is 0 Å². The van der Waals surface area contributed by atoms with E-state index in [-0.39, 0.29) is 31.1 Å². The van der Waals surface area contributed by atoms with Crippen LogP contribution in [-0.4, -0.2) is 45.1 Å². The largest absolute Gasteiger partial charge is 0.493 e. The number of carbonyl (C=O) groups excluding carboxylic acids is 1. The van der Waals surface area contributed by atoms with Crippen LogP contribution >= 0.6 is 23.2 Å². The molecule has 204 valence electrons. The lowest BCUT2D eigenvalue weighted by Crippen LogP contribution is -2.22. The molecule has 3 aromatic rings. The lowest BCUT2D eigenvalue weighted by atomic mass is 10.0. The molecule has 0 atom stereocenters. The molecule has 0 heterocycles. The van der Waals surface area contributed by atoms with Gasteiger partial charge in [-0.25, -0.2) is 8.42 Å². The predicted molar refractivity (Wildman–Crippen MR) is 141 cm³/mol. The molecule has 0 saturated carbocycles. The third-order valence-corrected chi connectivity index (χ3v) is 7.65. The summed E-state index contributed by atoms with van der Waals surface area (Å²) in [5.41, 5.74) is 2.16. The maximum atomic E-state index is 12.5. The number of aryl methyl sites for hydroxylation is 1. The fraction of sp³-hybridized carbons (Fsp3) is 0.296. The van der Waals surface area contributed by atoms with Crippen molar-refractivity contribution in [2.75, 3.05) is 24.7 Å². The minimum Gasteiger partial charge on any atom is -0.493 e. The molecule has 11 heteroatoms. The van der Waals surface area contributed by atoms with Crippen LogP contribution in [0.1, 0.15) is 29.2 Å². The van der Waals surface area contributed by atoms with Crippen molar-refractivity contribution in [3.05, 3.63) is 99.5 Å². The summed E-state index contributed by atoms with van der Waals surface area (Å²) < 4.78 is 73.4. The smallest absolute Gasteiger partial charge is 0.449 e. The molecule has 38 heavy (non-hydrogen) atoms. The van der Waals surface area contributed by atoms with Crippen molar-refractivity contribution >= 4 is 38.8 Å². The number of rotatable bonds is 13. The van der Waals surface area contributed by atoms with E-state index in [1.165, 1.54) is 24.3 Å². The van der Waals surface area contributed by atoms with Crippen LogP contribution < -0.4 is 4.74 Å². The highest BCUT2D eigenvalue weighted by Crippen LogP contribution is 2.28. The molecule has 0 aliphatic rings. The Morgan fingerprint density at radius 3 is 1.89 bits per heavy atom. The molecular weight excluding hydrogens is 566 g/mol. The standard InChI is InChI=1S/C27H25Cl2F3O5S/c28-22-8-4-20(5-9-22)26(21-6-10-23(29)11-7-21)37-16-18-38(34,35)17-15-36-24-12-1-19(2-13-24)3-14-25(33)27(30,31)32/h1-2,4-13,26H,3,14-18H2/i15+2. The molecule has 0 aliphatic carbocycles. The molecular formula is C27H25Cl2F3O5S. The summed E-state index contributed by atoms with van der Waals surface area (Å²) in [7, 11) is -3.50. The Morgan fingerprint density at radius 2 is 1.39 bits per heavy atom. The van der Waals surface area contributed by atoms with E-state index in [1.807, 2.05) is 24.3 Å². The molecule has 0 saturated heterocycles. The van der Waals surface area contributed by atoms with Crippen LogP contribution in [0.3, 0.4) is 0 Å². The normalized spacial score (nSPS) is 12.1. The third-order valence-electron chi connectivity index (χ3n) is 5.57. The summed E-state index contributed by atoms with van der Waals surface area (Å²) in [6.45, 7) is -0.157. The van der Waals surface area contributed by atoms with E-state index in [0.717, 1.165) is 11.1 Å². The maximum absolute atomic E-state index is 12.5. The number of ether oxygens (including phenoxy) is 2. The van der Waals surface area contributed by atoms with E-state index in [9.17, 15) is 26.4 Å². The Balaban J connectivity index is 1.48. The van der Waals surface area contributed by atoms with Gasteiger partial charge in [0.1, 0.15) is 18.5 Å². The van der Waals surface area contributed by atoms with E-state index < -0.39 is 34.3 Å². The van der Waals surface area contributed by atoms with E-state index in [4.69, 9.17) is 32.7 Å². The van der Waals surface area contributed by atoms with E-state index >= 15 is 0 Å². The number of benzene rings is 3. The summed E-state index contributed by atoms with van der Waals surface area (Å²) in [5.74, 6) is -1.88. The van der Waals surface area contributed by atoms with Crippen molar-refractivity contribution < 1.29 is 35.9 Å². The first-order chi connectivity index (χ1) is 17.9. The minimum atomic E-state index is -4.84. The molecule has 0 radical (unpaired) electrons. The zero-order chi connectivity index (χ0) is 27.8. The van der Waals surface area contributed by atoms with Gasteiger partial charge in [0, 0.05) is 16.5 Å². The summed E-state index contributed by atoms with van der Waals surface area (Å²) in [6.07, 6.45) is -6.05. The van der Waals surface area contributed by atoms with Gasteiger partial charge in [0.2, 0.25) is 5.78 Å². The quantitative estimate of drug-likeness (QED) is 0.223. The van der Waals surface area contributed by atoms with Crippen LogP contribution in [0.5, 0.6) is 5.75 Å². The van der Waals surface area contributed by atoms with Gasteiger partial charge in [-0.3, -0.25) is 4.79 Å². The van der Waals surface area contributed by atoms with Crippen LogP contribution in [0.2, 0.25) is 10.0 Å². The van der Waals surface area contributed by atoms with Crippen molar-refractivity contribution in [2.24, 2.45) is 0 Å². The molecule has 0 aromatic heterocycles. The zero-order valence-corrected chi connectivity index (χ0v) is 22.4. The average molecular weight is 591 g/mol. The van der Waals surface area contributed by atoms with Gasteiger partial charge >= 0.3 is 6.18 Å². The van der Waals surface area contributed by atoms with Crippen molar-refractivity contribution in [3.63, 3.8) is 0 Å². The molecule has 0 aliphatic heterocycles. The van der Waals surface area contributed by atoms with Gasteiger partial charge < -0.3 is 9.47 Å². The second-order valence-corrected chi connectivity index (χ2v) is 11.6. The van der Waals surface area contributed by atoms with Crippen LogP contribution in [0.4, 0.5) is 13.2 Å². The highest BCUT2D eigenvalue weighted by Gasteiger charge is 2.37.